The zero-order valence-corrected chi connectivity index (χ0v) is 7.85. The van der Waals surface area contributed by atoms with Crippen molar-refractivity contribution in [3.8, 4) is 0 Å². The highest BCUT2D eigenvalue weighted by atomic mass is 16.4. The standard InChI is InChI=1S/C10H13NO3/c1-3-7-11(8-4-2)9(12)5-6-10(13)14/h3-6H,1-2,7-8H2,(H,13,14)/b6-5+. The van der Waals surface area contributed by atoms with E-state index in [9.17, 15) is 9.59 Å². The Morgan fingerprint density at radius 1 is 1.14 bits per heavy atom. The van der Waals surface area contributed by atoms with E-state index >= 15 is 0 Å². The number of carbonyl (C=O) groups is 2. The van der Waals surface area contributed by atoms with Gasteiger partial charge in [-0.2, -0.15) is 0 Å². The van der Waals surface area contributed by atoms with Crippen LogP contribution in [0.2, 0.25) is 0 Å². The SMILES string of the molecule is C=CCN(CC=C)C(=O)/C=C/C(=O)O. The summed E-state index contributed by atoms with van der Waals surface area (Å²) < 4.78 is 0. The molecule has 0 aromatic carbocycles. The zero-order valence-electron chi connectivity index (χ0n) is 7.85. The largest absolute Gasteiger partial charge is 0.478 e. The number of carboxylic acids is 1. The first-order valence-corrected chi connectivity index (χ1v) is 4.03. The minimum Gasteiger partial charge on any atom is -0.478 e. The highest BCUT2D eigenvalue weighted by Crippen LogP contribution is 1.92. The molecule has 0 heterocycles. The first-order valence-electron chi connectivity index (χ1n) is 4.03. The molecule has 4 heteroatoms. The Bertz CT molecular complexity index is 259. The fraction of sp³-hybridized carbons (Fsp3) is 0.200. The highest BCUT2D eigenvalue weighted by molar-refractivity contribution is 5.94. The lowest BCUT2D eigenvalue weighted by molar-refractivity contribution is -0.132. The van der Waals surface area contributed by atoms with Crippen LogP contribution in [0.3, 0.4) is 0 Å². The lowest BCUT2D eigenvalue weighted by Gasteiger charge is -2.16. The van der Waals surface area contributed by atoms with Gasteiger partial charge in [0.2, 0.25) is 5.91 Å². The molecule has 0 atom stereocenters. The van der Waals surface area contributed by atoms with Crippen LogP contribution in [0.25, 0.3) is 0 Å². The maximum atomic E-state index is 11.3. The second-order valence-electron chi connectivity index (χ2n) is 2.49. The number of aliphatic carboxylic acids is 1. The Labute approximate surface area is 82.8 Å². The molecule has 0 saturated carbocycles. The summed E-state index contributed by atoms with van der Waals surface area (Å²) in [5.41, 5.74) is 0. The topological polar surface area (TPSA) is 57.6 Å². The molecule has 4 nitrogen and oxygen atoms in total. The number of rotatable bonds is 6. The summed E-state index contributed by atoms with van der Waals surface area (Å²) in [4.78, 5) is 22.9. The van der Waals surface area contributed by atoms with E-state index in [-0.39, 0.29) is 5.91 Å². The van der Waals surface area contributed by atoms with Crippen molar-refractivity contribution >= 4 is 11.9 Å². The van der Waals surface area contributed by atoms with Gasteiger partial charge in [0.25, 0.3) is 0 Å². The van der Waals surface area contributed by atoms with Gasteiger partial charge < -0.3 is 10.0 Å². The number of amides is 1. The molecule has 1 N–H and O–H groups in total. The molecular formula is C10H13NO3. The molecule has 0 rings (SSSR count). The quantitative estimate of drug-likeness (QED) is 0.504. The van der Waals surface area contributed by atoms with Crippen LogP contribution >= 0.6 is 0 Å². The van der Waals surface area contributed by atoms with E-state index in [1.54, 1.807) is 12.2 Å². The van der Waals surface area contributed by atoms with Crippen LogP contribution in [0.5, 0.6) is 0 Å². The molecule has 0 aliphatic heterocycles. The Kier molecular flexibility index (Phi) is 5.78. The molecule has 0 aliphatic carbocycles. The van der Waals surface area contributed by atoms with Gasteiger partial charge in [-0.1, -0.05) is 12.2 Å². The van der Waals surface area contributed by atoms with Crippen molar-refractivity contribution in [3.63, 3.8) is 0 Å². The summed E-state index contributed by atoms with van der Waals surface area (Å²) in [6.45, 7) is 7.72. The van der Waals surface area contributed by atoms with Gasteiger partial charge in [-0.05, 0) is 0 Å². The third kappa shape index (κ3) is 4.92. The molecule has 0 bridgehead atoms. The van der Waals surface area contributed by atoms with E-state index in [0.29, 0.717) is 13.1 Å². The lowest BCUT2D eigenvalue weighted by atomic mass is 10.4. The Morgan fingerprint density at radius 2 is 1.64 bits per heavy atom. The summed E-state index contributed by atoms with van der Waals surface area (Å²) in [5, 5.41) is 8.31. The van der Waals surface area contributed by atoms with Crippen molar-refractivity contribution in [3.05, 3.63) is 37.5 Å². The van der Waals surface area contributed by atoms with Crippen LogP contribution in [0.4, 0.5) is 0 Å². The van der Waals surface area contributed by atoms with Crippen LogP contribution in [0.1, 0.15) is 0 Å². The van der Waals surface area contributed by atoms with Crippen LogP contribution in [0, 0.1) is 0 Å². The minimum absolute atomic E-state index is 0.368. The number of carbonyl (C=O) groups excluding carboxylic acids is 1. The van der Waals surface area contributed by atoms with E-state index in [1.165, 1.54) is 4.90 Å². The number of hydrogen-bond donors (Lipinski definition) is 1. The van der Waals surface area contributed by atoms with Crippen LogP contribution in [-0.4, -0.2) is 35.0 Å². The molecule has 14 heavy (non-hydrogen) atoms. The van der Waals surface area contributed by atoms with E-state index in [2.05, 4.69) is 13.2 Å². The molecule has 0 radical (unpaired) electrons. The molecule has 0 spiro atoms. The van der Waals surface area contributed by atoms with E-state index in [4.69, 9.17) is 5.11 Å². The Balaban J connectivity index is 4.34. The molecular weight excluding hydrogens is 182 g/mol. The first kappa shape index (κ1) is 12.2. The minimum atomic E-state index is -1.14. The molecule has 0 aliphatic rings. The zero-order chi connectivity index (χ0) is 11.0. The Morgan fingerprint density at radius 3 is 2.00 bits per heavy atom. The van der Waals surface area contributed by atoms with Crippen molar-refractivity contribution < 1.29 is 14.7 Å². The average molecular weight is 195 g/mol. The number of hydrogen-bond acceptors (Lipinski definition) is 2. The van der Waals surface area contributed by atoms with Gasteiger partial charge in [0, 0.05) is 25.2 Å². The van der Waals surface area contributed by atoms with Crippen LogP contribution in [-0.2, 0) is 9.59 Å². The highest BCUT2D eigenvalue weighted by Gasteiger charge is 2.06. The number of carboxylic acid groups (broad SMARTS) is 1. The lowest BCUT2D eigenvalue weighted by Crippen LogP contribution is -2.29. The maximum absolute atomic E-state index is 11.3. The van der Waals surface area contributed by atoms with Gasteiger partial charge in [-0.25, -0.2) is 4.79 Å². The third-order valence-corrected chi connectivity index (χ3v) is 1.38. The fourth-order valence-electron chi connectivity index (χ4n) is 0.814. The summed E-state index contributed by atoms with van der Waals surface area (Å²) in [7, 11) is 0. The third-order valence-electron chi connectivity index (χ3n) is 1.38. The maximum Gasteiger partial charge on any atom is 0.328 e. The molecule has 76 valence electrons. The normalized spacial score (nSPS) is 9.71. The molecule has 0 aromatic heterocycles. The molecule has 0 unspecified atom stereocenters. The van der Waals surface area contributed by atoms with E-state index in [0.717, 1.165) is 12.2 Å². The predicted molar refractivity (Wildman–Crippen MR) is 53.7 cm³/mol. The van der Waals surface area contributed by atoms with Gasteiger partial charge in [0.05, 0.1) is 0 Å². The van der Waals surface area contributed by atoms with Crippen LogP contribution < -0.4 is 0 Å². The summed E-state index contributed by atoms with van der Waals surface area (Å²) >= 11 is 0. The molecule has 0 aromatic rings. The van der Waals surface area contributed by atoms with E-state index in [1.807, 2.05) is 0 Å². The van der Waals surface area contributed by atoms with E-state index < -0.39 is 5.97 Å². The predicted octanol–water partition coefficient (Wildman–Crippen LogP) is 0.828. The van der Waals surface area contributed by atoms with Gasteiger partial charge in [0.15, 0.2) is 0 Å². The second-order valence-corrected chi connectivity index (χ2v) is 2.49. The van der Waals surface area contributed by atoms with Crippen LogP contribution in [0.15, 0.2) is 37.5 Å². The number of nitrogens with zero attached hydrogens (tertiary/aromatic N) is 1. The smallest absolute Gasteiger partial charge is 0.328 e. The van der Waals surface area contributed by atoms with Crippen molar-refractivity contribution in [1.82, 2.24) is 4.90 Å². The molecule has 1 amide bonds. The van der Waals surface area contributed by atoms with Gasteiger partial charge >= 0.3 is 5.97 Å². The van der Waals surface area contributed by atoms with Gasteiger partial charge in [-0.15, -0.1) is 13.2 Å². The van der Waals surface area contributed by atoms with Crippen molar-refractivity contribution in [2.45, 2.75) is 0 Å². The fourth-order valence-corrected chi connectivity index (χ4v) is 0.814. The monoisotopic (exact) mass is 195 g/mol. The van der Waals surface area contributed by atoms with Crippen molar-refractivity contribution in [1.29, 1.82) is 0 Å². The Hall–Kier alpha value is -1.84. The summed E-state index contributed by atoms with van der Waals surface area (Å²) in [6.07, 6.45) is 4.95. The first-order chi connectivity index (χ1) is 6.61. The molecule has 0 saturated heterocycles. The second kappa shape index (κ2) is 6.65. The van der Waals surface area contributed by atoms with Gasteiger partial charge in [-0.3, -0.25) is 4.79 Å². The average Bonchev–Trinajstić information content (AvgIpc) is 2.14. The van der Waals surface area contributed by atoms with Gasteiger partial charge in [0.1, 0.15) is 0 Å². The summed E-state index contributed by atoms with van der Waals surface area (Å²) in [6, 6.07) is 0. The van der Waals surface area contributed by atoms with Crippen molar-refractivity contribution in [2.24, 2.45) is 0 Å². The van der Waals surface area contributed by atoms with Crippen molar-refractivity contribution in [2.75, 3.05) is 13.1 Å². The molecule has 0 fully saturated rings. The summed E-state index contributed by atoms with van der Waals surface area (Å²) in [5.74, 6) is -1.51.